The van der Waals surface area contributed by atoms with Gasteiger partial charge in [0.2, 0.25) is 0 Å². The second kappa shape index (κ2) is 4.65. The molecule has 0 amide bonds. The van der Waals surface area contributed by atoms with Crippen molar-refractivity contribution >= 4 is 0 Å². The summed E-state index contributed by atoms with van der Waals surface area (Å²) in [5.74, 6) is 0.794. The molecule has 0 aliphatic carbocycles. The molecule has 0 radical (unpaired) electrons. The highest BCUT2D eigenvalue weighted by Gasteiger charge is 1.99. The number of nitrogens with one attached hydrogen (secondary N) is 1. The molecule has 2 aromatic rings. The molecule has 0 aromatic carbocycles. The number of rotatable bonds is 4. The van der Waals surface area contributed by atoms with Crippen LogP contribution in [0.3, 0.4) is 0 Å². The van der Waals surface area contributed by atoms with Crippen LogP contribution in [-0.4, -0.2) is 26.1 Å². The summed E-state index contributed by atoms with van der Waals surface area (Å²) in [6, 6.07) is 0. The summed E-state index contributed by atoms with van der Waals surface area (Å²) < 4.78 is 1.84. The summed E-state index contributed by atoms with van der Waals surface area (Å²) in [6.45, 7) is 3.73. The van der Waals surface area contributed by atoms with E-state index in [1.165, 1.54) is 0 Å². The lowest BCUT2D eigenvalue weighted by atomic mass is 10.4. The van der Waals surface area contributed by atoms with Crippen molar-refractivity contribution in [3.05, 3.63) is 36.8 Å². The molecule has 0 saturated carbocycles. The summed E-state index contributed by atoms with van der Waals surface area (Å²) in [6.07, 6.45) is 8.76. The van der Waals surface area contributed by atoms with Gasteiger partial charge in [-0.2, -0.15) is 0 Å². The lowest BCUT2D eigenvalue weighted by Crippen LogP contribution is -2.13. The SMILES string of the molecule is CCNCc1cncc(-n2ccnc2)n1. The third-order valence-electron chi connectivity index (χ3n) is 2.00. The molecule has 0 unspecified atom stereocenters. The number of aromatic nitrogens is 4. The molecule has 0 saturated heterocycles. The Hall–Kier alpha value is -1.75. The maximum Gasteiger partial charge on any atom is 0.156 e. The summed E-state index contributed by atoms with van der Waals surface area (Å²) in [5, 5.41) is 3.21. The predicted molar refractivity (Wildman–Crippen MR) is 56.5 cm³/mol. The van der Waals surface area contributed by atoms with E-state index >= 15 is 0 Å². The van der Waals surface area contributed by atoms with Crippen LogP contribution in [0.2, 0.25) is 0 Å². The van der Waals surface area contributed by atoms with Crippen molar-refractivity contribution in [2.75, 3.05) is 6.54 Å². The van der Waals surface area contributed by atoms with Crippen LogP contribution in [0.15, 0.2) is 31.1 Å². The Kier molecular flexibility index (Phi) is 3.04. The first-order valence-corrected chi connectivity index (χ1v) is 4.90. The van der Waals surface area contributed by atoms with Crippen LogP contribution in [0, 0.1) is 0 Å². The van der Waals surface area contributed by atoms with E-state index in [4.69, 9.17) is 0 Å². The molecule has 0 fully saturated rings. The highest BCUT2D eigenvalue weighted by molar-refractivity contribution is 5.19. The number of hydrogen-bond donors (Lipinski definition) is 1. The van der Waals surface area contributed by atoms with Gasteiger partial charge in [0.25, 0.3) is 0 Å². The third kappa shape index (κ3) is 2.38. The summed E-state index contributed by atoms with van der Waals surface area (Å²) in [5.41, 5.74) is 0.933. The fraction of sp³-hybridized carbons (Fsp3) is 0.300. The van der Waals surface area contributed by atoms with Crippen LogP contribution in [-0.2, 0) is 6.54 Å². The van der Waals surface area contributed by atoms with E-state index in [0.717, 1.165) is 24.6 Å². The summed E-state index contributed by atoms with van der Waals surface area (Å²) >= 11 is 0. The van der Waals surface area contributed by atoms with E-state index in [0.29, 0.717) is 0 Å². The molecule has 0 atom stereocenters. The Labute approximate surface area is 88.2 Å². The molecule has 0 bridgehead atoms. The number of imidazole rings is 1. The minimum atomic E-state index is 0.742. The molecule has 0 spiro atoms. The molecule has 2 aromatic heterocycles. The molecule has 2 heterocycles. The lowest BCUT2D eigenvalue weighted by Gasteiger charge is -2.04. The zero-order valence-electron chi connectivity index (χ0n) is 8.59. The van der Waals surface area contributed by atoms with Gasteiger partial charge in [-0.25, -0.2) is 9.97 Å². The average molecular weight is 203 g/mol. The van der Waals surface area contributed by atoms with Crippen molar-refractivity contribution in [1.82, 2.24) is 24.8 Å². The van der Waals surface area contributed by atoms with Gasteiger partial charge in [0.05, 0.1) is 11.9 Å². The van der Waals surface area contributed by atoms with Gasteiger partial charge in [0.15, 0.2) is 5.82 Å². The lowest BCUT2D eigenvalue weighted by molar-refractivity contribution is 0.703. The molecule has 0 aliphatic heterocycles. The Balaban J connectivity index is 2.19. The average Bonchev–Trinajstić information content (AvgIpc) is 2.80. The fourth-order valence-electron chi connectivity index (χ4n) is 1.25. The summed E-state index contributed by atoms with van der Waals surface area (Å²) in [7, 11) is 0. The molecule has 1 N–H and O–H groups in total. The van der Waals surface area contributed by atoms with Gasteiger partial charge in [0, 0.05) is 25.1 Å². The Morgan fingerprint density at radius 1 is 1.33 bits per heavy atom. The summed E-state index contributed by atoms with van der Waals surface area (Å²) in [4.78, 5) is 12.6. The van der Waals surface area contributed by atoms with Gasteiger partial charge >= 0.3 is 0 Å². The van der Waals surface area contributed by atoms with Crippen LogP contribution >= 0.6 is 0 Å². The highest BCUT2D eigenvalue weighted by Crippen LogP contribution is 2.02. The number of hydrogen-bond acceptors (Lipinski definition) is 4. The van der Waals surface area contributed by atoms with Crippen molar-refractivity contribution < 1.29 is 0 Å². The van der Waals surface area contributed by atoms with Crippen molar-refractivity contribution in [3.8, 4) is 5.82 Å². The molecule has 5 nitrogen and oxygen atoms in total. The van der Waals surface area contributed by atoms with E-state index < -0.39 is 0 Å². The van der Waals surface area contributed by atoms with Crippen LogP contribution in [0.4, 0.5) is 0 Å². The normalized spacial score (nSPS) is 10.5. The van der Waals surface area contributed by atoms with Gasteiger partial charge in [-0.15, -0.1) is 0 Å². The van der Waals surface area contributed by atoms with Gasteiger partial charge in [0.1, 0.15) is 6.33 Å². The van der Waals surface area contributed by atoms with Crippen LogP contribution in [0.5, 0.6) is 0 Å². The Morgan fingerprint density at radius 2 is 2.27 bits per heavy atom. The van der Waals surface area contributed by atoms with Crippen LogP contribution < -0.4 is 5.32 Å². The standard InChI is InChI=1S/C10H13N5/c1-2-11-5-9-6-13-7-10(14-9)15-4-3-12-8-15/h3-4,6-8,11H,2,5H2,1H3. The van der Waals surface area contributed by atoms with E-state index in [-0.39, 0.29) is 0 Å². The van der Waals surface area contributed by atoms with Gasteiger partial charge < -0.3 is 5.32 Å². The van der Waals surface area contributed by atoms with Gasteiger partial charge in [-0.1, -0.05) is 6.92 Å². The topological polar surface area (TPSA) is 55.6 Å². The first-order valence-electron chi connectivity index (χ1n) is 4.90. The van der Waals surface area contributed by atoms with E-state index in [9.17, 15) is 0 Å². The maximum absolute atomic E-state index is 4.45. The van der Waals surface area contributed by atoms with Crippen molar-refractivity contribution in [1.29, 1.82) is 0 Å². The smallest absolute Gasteiger partial charge is 0.156 e. The molecular weight excluding hydrogens is 190 g/mol. The Morgan fingerprint density at radius 3 is 3.00 bits per heavy atom. The monoisotopic (exact) mass is 203 g/mol. The molecule has 15 heavy (non-hydrogen) atoms. The zero-order valence-corrected chi connectivity index (χ0v) is 8.59. The van der Waals surface area contributed by atoms with E-state index in [1.807, 2.05) is 10.8 Å². The van der Waals surface area contributed by atoms with Gasteiger partial charge in [-0.05, 0) is 6.54 Å². The quantitative estimate of drug-likeness (QED) is 0.797. The molecular formula is C10H13N5. The van der Waals surface area contributed by atoms with Crippen LogP contribution in [0.25, 0.3) is 5.82 Å². The van der Waals surface area contributed by atoms with E-state index in [2.05, 4.69) is 27.2 Å². The second-order valence-electron chi connectivity index (χ2n) is 3.12. The van der Waals surface area contributed by atoms with Gasteiger partial charge in [-0.3, -0.25) is 9.55 Å². The molecule has 0 aliphatic rings. The molecule has 2 rings (SSSR count). The first kappa shape index (κ1) is 9.79. The number of nitrogens with zero attached hydrogens (tertiary/aromatic N) is 4. The van der Waals surface area contributed by atoms with E-state index in [1.54, 1.807) is 24.9 Å². The fourth-order valence-corrected chi connectivity index (χ4v) is 1.25. The third-order valence-corrected chi connectivity index (χ3v) is 2.00. The largest absolute Gasteiger partial charge is 0.311 e. The molecule has 78 valence electrons. The zero-order chi connectivity index (χ0) is 10.5. The minimum absolute atomic E-state index is 0.742. The predicted octanol–water partition coefficient (Wildman–Crippen LogP) is 0.772. The first-order chi connectivity index (χ1) is 7.40. The van der Waals surface area contributed by atoms with Crippen LogP contribution in [0.1, 0.15) is 12.6 Å². The second-order valence-corrected chi connectivity index (χ2v) is 3.12. The minimum Gasteiger partial charge on any atom is -0.311 e. The Bertz CT molecular complexity index is 410. The maximum atomic E-state index is 4.45. The van der Waals surface area contributed by atoms with Crippen molar-refractivity contribution in [2.24, 2.45) is 0 Å². The van der Waals surface area contributed by atoms with Crippen molar-refractivity contribution in [2.45, 2.75) is 13.5 Å². The highest BCUT2D eigenvalue weighted by atomic mass is 15.1. The van der Waals surface area contributed by atoms with Crippen molar-refractivity contribution in [3.63, 3.8) is 0 Å². The molecule has 5 heteroatoms.